The molecule has 94 valence electrons. The van der Waals surface area contributed by atoms with Crippen LogP contribution in [0, 0.1) is 11.6 Å². The molecule has 4 heteroatoms. The molecule has 0 spiro atoms. The molecule has 0 nitrogen and oxygen atoms in total. The van der Waals surface area contributed by atoms with E-state index in [-0.39, 0.29) is 16.5 Å². The quantitative estimate of drug-likeness (QED) is 0.670. The average Bonchev–Trinajstić information content (AvgIpc) is 2.34. The molecule has 1 atom stereocenters. The smallest absolute Gasteiger partial charge is 0.127 e. The van der Waals surface area contributed by atoms with E-state index in [0.29, 0.717) is 22.6 Å². The number of halogens is 4. The Morgan fingerprint density at radius 2 is 1.67 bits per heavy atom. The van der Waals surface area contributed by atoms with Gasteiger partial charge in [0.1, 0.15) is 11.6 Å². The fraction of sp³-hybridized carbons (Fsp3) is 0.143. The molecule has 0 aliphatic heterocycles. The van der Waals surface area contributed by atoms with Crippen molar-refractivity contribution >= 4 is 27.5 Å². The van der Waals surface area contributed by atoms with Crippen LogP contribution in [0.3, 0.4) is 0 Å². The first kappa shape index (κ1) is 13.5. The molecule has 0 amide bonds. The summed E-state index contributed by atoms with van der Waals surface area (Å²) >= 11 is 9.32. The summed E-state index contributed by atoms with van der Waals surface area (Å²) in [5, 5.41) is 0.357. The van der Waals surface area contributed by atoms with Gasteiger partial charge in [-0.15, -0.1) is 0 Å². The number of benzene rings is 2. The zero-order chi connectivity index (χ0) is 13.1. The predicted molar refractivity (Wildman–Crippen MR) is 73.2 cm³/mol. The lowest BCUT2D eigenvalue weighted by Gasteiger charge is -2.13. The summed E-state index contributed by atoms with van der Waals surface area (Å²) in [5.41, 5.74) is 0.890. The minimum Gasteiger partial charge on any atom is -0.207 e. The number of alkyl halides is 1. The normalized spacial score (nSPS) is 12.4. The van der Waals surface area contributed by atoms with Gasteiger partial charge in [-0.25, -0.2) is 8.78 Å². The van der Waals surface area contributed by atoms with Crippen LogP contribution in [0.4, 0.5) is 8.78 Å². The minimum atomic E-state index is -0.372. The SMILES string of the molecule is Fc1ccccc1C(Br)Cc1c(F)cccc1Cl. The van der Waals surface area contributed by atoms with Gasteiger partial charge in [-0.3, -0.25) is 0 Å². The van der Waals surface area contributed by atoms with Gasteiger partial charge in [-0.2, -0.15) is 0 Å². The highest BCUT2D eigenvalue weighted by Crippen LogP contribution is 2.32. The fourth-order valence-corrected chi connectivity index (χ4v) is 2.68. The Bertz CT molecular complexity index is 537. The van der Waals surface area contributed by atoms with Gasteiger partial charge in [0.25, 0.3) is 0 Å². The molecular weight excluding hydrogens is 322 g/mol. The molecule has 0 heterocycles. The second-order valence-electron chi connectivity index (χ2n) is 3.89. The van der Waals surface area contributed by atoms with Crippen LogP contribution in [0.1, 0.15) is 16.0 Å². The highest BCUT2D eigenvalue weighted by Gasteiger charge is 2.16. The average molecular weight is 332 g/mol. The van der Waals surface area contributed by atoms with Crippen LogP contribution in [-0.4, -0.2) is 0 Å². The molecule has 0 aliphatic carbocycles. The molecule has 2 aromatic carbocycles. The zero-order valence-corrected chi connectivity index (χ0v) is 11.7. The van der Waals surface area contributed by atoms with Crippen LogP contribution in [-0.2, 0) is 6.42 Å². The van der Waals surface area contributed by atoms with E-state index in [1.165, 1.54) is 12.1 Å². The third kappa shape index (κ3) is 2.90. The highest BCUT2D eigenvalue weighted by molar-refractivity contribution is 9.09. The Kier molecular flexibility index (Phi) is 4.36. The van der Waals surface area contributed by atoms with Gasteiger partial charge in [-0.05, 0) is 24.6 Å². The van der Waals surface area contributed by atoms with E-state index in [0.717, 1.165) is 0 Å². The molecule has 1 unspecified atom stereocenters. The Balaban J connectivity index is 2.27. The standard InChI is InChI=1S/C14H10BrClF2/c15-11(9-4-1-2-6-13(9)17)8-10-12(16)5-3-7-14(10)18/h1-7,11H,8H2. The van der Waals surface area contributed by atoms with E-state index in [1.807, 2.05) is 0 Å². The molecule has 0 saturated heterocycles. The van der Waals surface area contributed by atoms with E-state index in [2.05, 4.69) is 15.9 Å². The maximum atomic E-state index is 13.6. The molecule has 18 heavy (non-hydrogen) atoms. The lowest BCUT2D eigenvalue weighted by molar-refractivity contribution is 0.594. The summed E-state index contributed by atoms with van der Waals surface area (Å²) in [4.78, 5) is -0.312. The van der Waals surface area contributed by atoms with E-state index in [1.54, 1.807) is 30.3 Å². The minimum absolute atomic E-state index is 0.298. The van der Waals surface area contributed by atoms with Crippen LogP contribution in [0.5, 0.6) is 0 Å². The lowest BCUT2D eigenvalue weighted by Crippen LogP contribution is -2.01. The summed E-state index contributed by atoms with van der Waals surface area (Å²) in [7, 11) is 0. The largest absolute Gasteiger partial charge is 0.207 e. The van der Waals surface area contributed by atoms with Gasteiger partial charge in [0.05, 0.1) is 0 Å². The van der Waals surface area contributed by atoms with Crippen LogP contribution in [0.15, 0.2) is 42.5 Å². The van der Waals surface area contributed by atoms with E-state index < -0.39 is 0 Å². The molecule has 2 rings (SSSR count). The summed E-state index contributed by atoms with van der Waals surface area (Å²) < 4.78 is 27.2. The van der Waals surface area contributed by atoms with Crippen LogP contribution >= 0.6 is 27.5 Å². The van der Waals surface area contributed by atoms with Crippen molar-refractivity contribution in [2.75, 3.05) is 0 Å². The summed E-state index contributed by atoms with van der Waals surface area (Å²) in [6.07, 6.45) is 0.298. The van der Waals surface area contributed by atoms with E-state index >= 15 is 0 Å². The monoisotopic (exact) mass is 330 g/mol. The number of rotatable bonds is 3. The second-order valence-corrected chi connectivity index (χ2v) is 5.41. The number of hydrogen-bond acceptors (Lipinski definition) is 0. The first-order chi connectivity index (χ1) is 8.59. The molecule has 0 aliphatic rings. The topological polar surface area (TPSA) is 0 Å². The van der Waals surface area contributed by atoms with Crippen LogP contribution in [0.25, 0.3) is 0 Å². The summed E-state index contributed by atoms with van der Waals surface area (Å²) in [5.74, 6) is -0.685. The third-order valence-electron chi connectivity index (χ3n) is 2.69. The first-order valence-electron chi connectivity index (χ1n) is 5.41. The van der Waals surface area contributed by atoms with E-state index in [4.69, 9.17) is 11.6 Å². The zero-order valence-electron chi connectivity index (χ0n) is 9.34. The van der Waals surface area contributed by atoms with Crippen LogP contribution < -0.4 is 0 Å². The summed E-state index contributed by atoms with van der Waals surface area (Å²) in [6, 6.07) is 10.9. The van der Waals surface area contributed by atoms with Crippen molar-refractivity contribution in [1.29, 1.82) is 0 Å². The fourth-order valence-electron chi connectivity index (χ4n) is 1.75. The molecule has 0 N–H and O–H groups in total. The Labute approximate surface area is 118 Å². The van der Waals surface area contributed by atoms with Gasteiger partial charge in [0.2, 0.25) is 0 Å². The third-order valence-corrected chi connectivity index (χ3v) is 3.86. The summed E-state index contributed by atoms with van der Waals surface area (Å²) in [6.45, 7) is 0. The molecule has 0 aromatic heterocycles. The second kappa shape index (κ2) is 5.81. The Morgan fingerprint density at radius 1 is 1.00 bits per heavy atom. The molecule has 0 bridgehead atoms. The molecular formula is C14H10BrClF2. The predicted octanol–water partition coefficient (Wildman–Crippen LogP) is 5.30. The maximum Gasteiger partial charge on any atom is 0.127 e. The Morgan fingerprint density at radius 3 is 2.33 bits per heavy atom. The van der Waals surface area contributed by atoms with Gasteiger partial charge in [0, 0.05) is 21.0 Å². The lowest BCUT2D eigenvalue weighted by atomic mass is 10.0. The van der Waals surface area contributed by atoms with Crippen molar-refractivity contribution in [1.82, 2.24) is 0 Å². The van der Waals surface area contributed by atoms with Gasteiger partial charge >= 0.3 is 0 Å². The van der Waals surface area contributed by atoms with Crippen molar-refractivity contribution in [3.05, 3.63) is 70.2 Å². The van der Waals surface area contributed by atoms with Gasteiger partial charge in [-0.1, -0.05) is 51.8 Å². The van der Waals surface area contributed by atoms with Crippen LogP contribution in [0.2, 0.25) is 5.02 Å². The number of hydrogen-bond donors (Lipinski definition) is 0. The maximum absolute atomic E-state index is 13.6. The van der Waals surface area contributed by atoms with Crippen molar-refractivity contribution < 1.29 is 8.78 Å². The van der Waals surface area contributed by atoms with Gasteiger partial charge < -0.3 is 0 Å². The Hall–Kier alpha value is -0.930. The van der Waals surface area contributed by atoms with Crippen molar-refractivity contribution in [2.24, 2.45) is 0 Å². The molecule has 0 radical (unpaired) electrons. The molecule has 2 aromatic rings. The highest BCUT2D eigenvalue weighted by atomic mass is 79.9. The van der Waals surface area contributed by atoms with Gasteiger partial charge in [0.15, 0.2) is 0 Å². The molecule has 0 saturated carbocycles. The van der Waals surface area contributed by atoms with Crippen molar-refractivity contribution in [3.63, 3.8) is 0 Å². The molecule has 0 fully saturated rings. The van der Waals surface area contributed by atoms with Crippen molar-refractivity contribution in [3.8, 4) is 0 Å². The van der Waals surface area contributed by atoms with E-state index in [9.17, 15) is 8.78 Å². The first-order valence-corrected chi connectivity index (χ1v) is 6.70. The van der Waals surface area contributed by atoms with Crippen molar-refractivity contribution in [2.45, 2.75) is 11.2 Å².